The molecule has 0 bridgehead atoms. The molecule has 4 rings (SSSR count). The number of hydrogen-bond donors (Lipinski definition) is 1. The largest absolute Gasteiger partial charge is 0.464 e. The summed E-state index contributed by atoms with van der Waals surface area (Å²) in [6.07, 6.45) is 0.0723. The Morgan fingerprint density at radius 1 is 1.12 bits per heavy atom. The lowest BCUT2D eigenvalue weighted by atomic mass is 10.0. The van der Waals surface area contributed by atoms with Crippen LogP contribution in [0.4, 0.5) is 18.9 Å². The number of carbonyl (C=O) groups excluding carboxylic acids is 1. The van der Waals surface area contributed by atoms with Crippen molar-refractivity contribution in [2.45, 2.75) is 31.9 Å². The molecule has 3 aromatic rings. The highest BCUT2D eigenvalue weighted by Gasteiger charge is 2.33. The average Bonchev–Trinajstić information content (AvgIpc) is 3.19. The highest BCUT2D eigenvalue weighted by molar-refractivity contribution is 5.96. The molecule has 1 amide bonds. The van der Waals surface area contributed by atoms with Crippen molar-refractivity contribution in [2.75, 3.05) is 5.32 Å². The van der Waals surface area contributed by atoms with E-state index in [1.165, 1.54) is 35.6 Å². The Hall–Kier alpha value is -2.76. The number of alkyl halides is 3. The Balaban J connectivity index is 1.57. The van der Waals surface area contributed by atoms with Gasteiger partial charge in [-0.2, -0.15) is 13.2 Å². The fourth-order valence-electron chi connectivity index (χ4n) is 3.49. The first-order valence-electron chi connectivity index (χ1n) is 8.40. The van der Waals surface area contributed by atoms with Crippen LogP contribution < -0.4 is 5.32 Å². The molecule has 3 nitrogen and oxygen atoms in total. The standard InChI is InChI=1S/C20H16F3NO2/c21-20(22,23)16-6-1-2-7-17(16)24-19(25)10-14-11-26-18-9-13-5-3-4-12(13)8-15(14)18/h1-2,6-9,11H,3-5,10H2,(H,24,25). The molecule has 0 spiro atoms. The minimum absolute atomic E-state index is 0.0437. The molecular weight excluding hydrogens is 343 g/mol. The number of furan rings is 1. The van der Waals surface area contributed by atoms with Gasteiger partial charge >= 0.3 is 6.18 Å². The summed E-state index contributed by atoms with van der Waals surface area (Å²) in [7, 11) is 0. The van der Waals surface area contributed by atoms with Gasteiger partial charge in [0.15, 0.2) is 0 Å². The van der Waals surface area contributed by atoms with Crippen LogP contribution >= 0.6 is 0 Å². The van der Waals surface area contributed by atoms with E-state index in [-0.39, 0.29) is 12.1 Å². The Kier molecular flexibility index (Phi) is 3.98. The van der Waals surface area contributed by atoms with Gasteiger partial charge in [0.05, 0.1) is 23.9 Å². The Morgan fingerprint density at radius 2 is 1.85 bits per heavy atom. The quantitative estimate of drug-likeness (QED) is 0.705. The van der Waals surface area contributed by atoms with Crippen molar-refractivity contribution < 1.29 is 22.4 Å². The molecule has 0 saturated carbocycles. The molecule has 0 unspecified atom stereocenters. The second-order valence-electron chi connectivity index (χ2n) is 6.50. The maximum atomic E-state index is 13.0. The van der Waals surface area contributed by atoms with Gasteiger partial charge < -0.3 is 9.73 Å². The first-order chi connectivity index (χ1) is 12.4. The molecule has 1 aromatic heterocycles. The fourth-order valence-corrected chi connectivity index (χ4v) is 3.49. The van der Waals surface area contributed by atoms with Gasteiger partial charge in [0.25, 0.3) is 0 Å². The monoisotopic (exact) mass is 359 g/mol. The number of halogens is 3. The van der Waals surface area contributed by atoms with Crippen LogP contribution in [0, 0.1) is 0 Å². The maximum absolute atomic E-state index is 13.0. The lowest BCUT2D eigenvalue weighted by Gasteiger charge is -2.13. The van der Waals surface area contributed by atoms with Crippen molar-refractivity contribution >= 4 is 22.6 Å². The number of anilines is 1. The summed E-state index contributed by atoms with van der Waals surface area (Å²) in [4.78, 5) is 12.3. The van der Waals surface area contributed by atoms with E-state index in [1.807, 2.05) is 12.1 Å². The van der Waals surface area contributed by atoms with Crippen molar-refractivity contribution in [3.63, 3.8) is 0 Å². The molecular formula is C20H16F3NO2. The van der Waals surface area contributed by atoms with E-state index in [0.29, 0.717) is 11.1 Å². The lowest BCUT2D eigenvalue weighted by Crippen LogP contribution is -2.18. The van der Waals surface area contributed by atoms with Crippen LogP contribution in [0.3, 0.4) is 0 Å². The average molecular weight is 359 g/mol. The highest BCUT2D eigenvalue weighted by atomic mass is 19.4. The summed E-state index contributed by atoms with van der Waals surface area (Å²) in [5, 5.41) is 3.22. The van der Waals surface area contributed by atoms with Gasteiger partial charge in [-0.05, 0) is 54.7 Å². The molecule has 0 fully saturated rings. The van der Waals surface area contributed by atoms with E-state index < -0.39 is 17.6 Å². The van der Waals surface area contributed by atoms with E-state index >= 15 is 0 Å². The first-order valence-corrected chi connectivity index (χ1v) is 8.40. The van der Waals surface area contributed by atoms with Crippen LogP contribution in [0.1, 0.15) is 28.7 Å². The molecule has 0 aliphatic heterocycles. The van der Waals surface area contributed by atoms with Gasteiger partial charge in [0, 0.05) is 10.9 Å². The topological polar surface area (TPSA) is 42.2 Å². The summed E-state index contributed by atoms with van der Waals surface area (Å²) in [6.45, 7) is 0. The Bertz CT molecular complexity index is 988. The summed E-state index contributed by atoms with van der Waals surface area (Å²) in [5.74, 6) is -0.509. The number of amides is 1. The maximum Gasteiger partial charge on any atom is 0.418 e. The normalized spacial score (nSPS) is 13.8. The van der Waals surface area contributed by atoms with Crippen LogP contribution in [0.2, 0.25) is 0 Å². The van der Waals surface area contributed by atoms with Crippen molar-refractivity contribution in [1.29, 1.82) is 0 Å². The molecule has 1 N–H and O–H groups in total. The second kappa shape index (κ2) is 6.20. The number of para-hydroxylation sites is 1. The second-order valence-corrected chi connectivity index (χ2v) is 6.50. The molecule has 6 heteroatoms. The van der Waals surface area contributed by atoms with E-state index in [4.69, 9.17) is 4.42 Å². The molecule has 1 aliphatic rings. The molecule has 1 aliphatic carbocycles. The van der Waals surface area contributed by atoms with Crippen LogP contribution in [0.25, 0.3) is 11.0 Å². The number of benzene rings is 2. The molecule has 0 radical (unpaired) electrons. The minimum Gasteiger partial charge on any atom is -0.464 e. The van der Waals surface area contributed by atoms with Gasteiger partial charge in [-0.1, -0.05) is 12.1 Å². The number of nitrogens with one attached hydrogen (secondary N) is 1. The van der Waals surface area contributed by atoms with Crippen LogP contribution in [-0.4, -0.2) is 5.91 Å². The lowest BCUT2D eigenvalue weighted by molar-refractivity contribution is -0.137. The molecule has 2 aromatic carbocycles. The first kappa shape index (κ1) is 16.7. The van der Waals surface area contributed by atoms with Gasteiger partial charge in [-0.3, -0.25) is 4.79 Å². The Morgan fingerprint density at radius 3 is 2.62 bits per heavy atom. The zero-order valence-electron chi connectivity index (χ0n) is 13.8. The minimum atomic E-state index is -4.52. The van der Waals surface area contributed by atoms with Crippen molar-refractivity contribution in [2.24, 2.45) is 0 Å². The van der Waals surface area contributed by atoms with Gasteiger partial charge in [-0.25, -0.2) is 0 Å². The number of rotatable bonds is 3. The molecule has 0 atom stereocenters. The number of carbonyl (C=O) groups is 1. The Labute approximate surface area is 147 Å². The van der Waals surface area contributed by atoms with Gasteiger partial charge in [0.2, 0.25) is 5.91 Å². The van der Waals surface area contributed by atoms with Crippen molar-refractivity contribution in [3.8, 4) is 0 Å². The summed E-state index contributed by atoms with van der Waals surface area (Å²) >= 11 is 0. The zero-order valence-corrected chi connectivity index (χ0v) is 13.8. The fraction of sp³-hybridized carbons (Fsp3) is 0.250. The molecule has 0 saturated heterocycles. The van der Waals surface area contributed by atoms with Gasteiger partial charge in [0.1, 0.15) is 5.58 Å². The summed E-state index contributed by atoms with van der Waals surface area (Å²) in [6, 6.07) is 8.99. The summed E-state index contributed by atoms with van der Waals surface area (Å²) < 4.78 is 44.7. The third kappa shape index (κ3) is 3.07. The van der Waals surface area contributed by atoms with Crippen molar-refractivity contribution in [1.82, 2.24) is 0 Å². The third-order valence-corrected chi connectivity index (χ3v) is 4.73. The van der Waals surface area contributed by atoms with Gasteiger partial charge in [-0.15, -0.1) is 0 Å². The number of aryl methyl sites for hydroxylation is 2. The third-order valence-electron chi connectivity index (χ3n) is 4.73. The smallest absolute Gasteiger partial charge is 0.418 e. The number of fused-ring (bicyclic) bond motifs is 2. The van der Waals surface area contributed by atoms with Crippen molar-refractivity contribution in [3.05, 3.63) is 64.9 Å². The van der Waals surface area contributed by atoms with Crippen LogP contribution in [0.15, 0.2) is 47.1 Å². The SMILES string of the molecule is O=C(Cc1coc2cc3c(cc12)CCC3)Nc1ccccc1C(F)(F)F. The van der Waals surface area contributed by atoms with E-state index in [2.05, 4.69) is 5.32 Å². The highest BCUT2D eigenvalue weighted by Crippen LogP contribution is 2.35. The molecule has 26 heavy (non-hydrogen) atoms. The van der Waals surface area contributed by atoms with Crippen LogP contribution in [-0.2, 0) is 30.2 Å². The molecule has 1 heterocycles. The number of hydrogen-bond acceptors (Lipinski definition) is 2. The van der Waals surface area contributed by atoms with Crippen LogP contribution in [0.5, 0.6) is 0 Å². The molecule has 134 valence electrons. The summed E-state index contributed by atoms with van der Waals surface area (Å²) in [5.41, 5.74) is 2.81. The van der Waals surface area contributed by atoms with E-state index in [1.54, 1.807) is 0 Å². The predicted octanol–water partition coefficient (Wildman–Crippen LogP) is 5.12. The zero-order chi connectivity index (χ0) is 18.3. The van der Waals surface area contributed by atoms with E-state index in [0.717, 1.165) is 30.7 Å². The van der Waals surface area contributed by atoms with E-state index in [9.17, 15) is 18.0 Å². The predicted molar refractivity (Wildman–Crippen MR) is 92.0 cm³/mol.